The van der Waals surface area contributed by atoms with Crippen LogP contribution in [0.4, 0.5) is 13.2 Å². The van der Waals surface area contributed by atoms with Gasteiger partial charge in [-0.05, 0) is 12.1 Å². The van der Waals surface area contributed by atoms with Crippen molar-refractivity contribution < 1.29 is 23.1 Å². The number of para-hydroxylation sites is 1. The van der Waals surface area contributed by atoms with Crippen LogP contribution >= 0.6 is 0 Å². The minimum Gasteiger partial charge on any atom is -0.476 e. The zero-order valence-corrected chi connectivity index (χ0v) is 8.60. The van der Waals surface area contributed by atoms with Crippen molar-refractivity contribution >= 4 is 16.9 Å². The normalized spacial score (nSPS) is 11.7. The average Bonchev–Trinajstić information content (AvgIpc) is 2.27. The zero-order valence-electron chi connectivity index (χ0n) is 8.60. The number of nitrogens with zero attached hydrogens (tertiary/aromatic N) is 2. The average molecular weight is 258 g/mol. The summed E-state index contributed by atoms with van der Waals surface area (Å²) in [4.78, 5) is 22.3. The molecule has 1 heterocycles. The number of benzene rings is 1. The van der Waals surface area contributed by atoms with Crippen molar-refractivity contribution in [1.29, 1.82) is 0 Å². The number of carboxylic acids is 1. The molecule has 2 aromatic rings. The molecule has 1 aromatic heterocycles. The number of aromatic nitrogens is 2. The Hall–Kier alpha value is -2.38. The highest BCUT2D eigenvalue weighted by Crippen LogP contribution is 2.24. The smallest absolute Gasteiger partial charge is 0.476 e. The number of carboxylic acid groups (broad SMARTS) is 1. The minimum absolute atomic E-state index is 0.345. The van der Waals surface area contributed by atoms with Crippen LogP contribution in [-0.2, 0) is 6.30 Å². The van der Waals surface area contributed by atoms with Crippen molar-refractivity contribution in [3.8, 4) is 0 Å². The van der Waals surface area contributed by atoms with Gasteiger partial charge in [0.05, 0.1) is 10.9 Å². The number of hydrogen-bond acceptors (Lipinski definition) is 3. The molecule has 0 bridgehead atoms. The number of hydrogen-bond donors (Lipinski definition) is 1. The van der Waals surface area contributed by atoms with Crippen molar-refractivity contribution in [3.63, 3.8) is 0 Å². The first-order valence-electron chi connectivity index (χ1n) is 4.65. The number of carbonyl (C=O) groups is 1. The number of rotatable bonds is 1. The Morgan fingerprint density at radius 2 is 1.89 bits per heavy atom. The lowest BCUT2D eigenvalue weighted by molar-refractivity contribution is -0.209. The van der Waals surface area contributed by atoms with Crippen molar-refractivity contribution in [2.75, 3.05) is 0 Å². The van der Waals surface area contributed by atoms with Crippen molar-refractivity contribution in [2.24, 2.45) is 0 Å². The molecule has 0 amide bonds. The van der Waals surface area contributed by atoms with E-state index in [2.05, 4.69) is 5.10 Å². The highest BCUT2D eigenvalue weighted by molar-refractivity contribution is 5.90. The topological polar surface area (TPSA) is 72.2 Å². The highest BCUT2D eigenvalue weighted by Gasteiger charge is 2.34. The van der Waals surface area contributed by atoms with E-state index in [1.807, 2.05) is 0 Å². The lowest BCUT2D eigenvalue weighted by Gasteiger charge is -2.12. The van der Waals surface area contributed by atoms with Gasteiger partial charge in [-0.1, -0.05) is 12.1 Å². The Kier molecular flexibility index (Phi) is 2.57. The standard InChI is InChI=1S/C10H5F3N2O3/c11-10(12,13)15-6-4-2-1-3-5(6)8(16)7(14-15)9(17)18/h1-4H,(H,17,18). The Labute approximate surface area is 97.1 Å². The van der Waals surface area contributed by atoms with E-state index in [0.29, 0.717) is 0 Å². The fraction of sp³-hybridized carbons (Fsp3) is 0.100. The van der Waals surface area contributed by atoms with Gasteiger partial charge in [-0.3, -0.25) is 4.79 Å². The molecule has 0 saturated heterocycles. The van der Waals surface area contributed by atoms with E-state index in [0.717, 1.165) is 12.1 Å². The summed E-state index contributed by atoms with van der Waals surface area (Å²) in [5, 5.41) is 11.2. The van der Waals surface area contributed by atoms with E-state index >= 15 is 0 Å². The molecule has 0 aliphatic carbocycles. The molecule has 0 aliphatic heterocycles. The van der Waals surface area contributed by atoms with Crippen LogP contribution in [0, 0.1) is 0 Å². The summed E-state index contributed by atoms with van der Waals surface area (Å²) in [6.07, 6.45) is -4.91. The van der Waals surface area contributed by atoms with Crippen LogP contribution in [0.5, 0.6) is 0 Å². The van der Waals surface area contributed by atoms with Crippen molar-refractivity contribution in [1.82, 2.24) is 9.78 Å². The summed E-state index contributed by atoms with van der Waals surface area (Å²) < 4.78 is 37.7. The molecule has 0 fully saturated rings. The van der Waals surface area contributed by atoms with Crippen LogP contribution in [0.25, 0.3) is 10.9 Å². The molecule has 94 valence electrons. The molecule has 0 atom stereocenters. The first-order chi connectivity index (χ1) is 8.32. The molecule has 8 heteroatoms. The third-order valence-electron chi connectivity index (χ3n) is 2.23. The van der Waals surface area contributed by atoms with E-state index < -0.39 is 33.6 Å². The van der Waals surface area contributed by atoms with E-state index in [1.165, 1.54) is 12.1 Å². The van der Waals surface area contributed by atoms with Crippen LogP contribution in [-0.4, -0.2) is 20.9 Å². The quantitative estimate of drug-likeness (QED) is 0.842. The maximum atomic E-state index is 12.7. The SMILES string of the molecule is O=C(O)c1nn(C(F)(F)F)c2ccccc2c1=O. The second-order valence-electron chi connectivity index (χ2n) is 3.38. The van der Waals surface area contributed by atoms with Crippen LogP contribution in [0.3, 0.4) is 0 Å². The van der Waals surface area contributed by atoms with Crippen molar-refractivity contribution in [2.45, 2.75) is 6.30 Å². The molecular weight excluding hydrogens is 253 g/mol. The molecular formula is C10H5F3N2O3. The molecule has 5 nitrogen and oxygen atoms in total. The van der Waals surface area contributed by atoms with Gasteiger partial charge in [0, 0.05) is 0 Å². The molecule has 0 radical (unpaired) electrons. The molecule has 18 heavy (non-hydrogen) atoms. The number of aromatic carboxylic acids is 1. The molecule has 1 N–H and O–H groups in total. The van der Waals surface area contributed by atoms with E-state index in [-0.39, 0.29) is 5.39 Å². The van der Waals surface area contributed by atoms with Gasteiger partial charge in [-0.2, -0.15) is 9.78 Å². The molecule has 0 spiro atoms. The van der Waals surface area contributed by atoms with Gasteiger partial charge in [0.1, 0.15) is 0 Å². The van der Waals surface area contributed by atoms with Crippen LogP contribution in [0.1, 0.15) is 10.5 Å². The van der Waals surface area contributed by atoms with Gasteiger partial charge >= 0.3 is 12.3 Å². The third-order valence-corrected chi connectivity index (χ3v) is 2.23. The summed E-state index contributed by atoms with van der Waals surface area (Å²) >= 11 is 0. The maximum Gasteiger partial charge on any atom is 0.505 e. The van der Waals surface area contributed by atoms with Gasteiger partial charge in [-0.25, -0.2) is 4.79 Å². The number of alkyl halides is 3. The predicted molar refractivity (Wildman–Crippen MR) is 54.3 cm³/mol. The molecule has 1 aromatic carbocycles. The summed E-state index contributed by atoms with van der Waals surface area (Å²) in [7, 11) is 0. The third kappa shape index (κ3) is 1.81. The Bertz CT molecular complexity index is 691. The number of fused-ring (bicyclic) bond motifs is 1. The summed E-state index contributed by atoms with van der Waals surface area (Å²) in [6.45, 7) is 0. The second kappa shape index (κ2) is 3.83. The van der Waals surface area contributed by atoms with E-state index in [9.17, 15) is 22.8 Å². The van der Waals surface area contributed by atoms with Gasteiger partial charge in [0.15, 0.2) is 0 Å². The molecule has 2 rings (SSSR count). The largest absolute Gasteiger partial charge is 0.505 e. The predicted octanol–water partition coefficient (Wildman–Crippen LogP) is 1.57. The summed E-state index contributed by atoms with van der Waals surface area (Å²) in [5.74, 6) is -1.80. The monoisotopic (exact) mass is 258 g/mol. The minimum atomic E-state index is -4.91. The van der Waals surface area contributed by atoms with Crippen molar-refractivity contribution in [3.05, 3.63) is 40.2 Å². The fourth-order valence-electron chi connectivity index (χ4n) is 1.51. The van der Waals surface area contributed by atoms with Crippen LogP contribution in [0.15, 0.2) is 29.1 Å². The first kappa shape index (κ1) is 12.1. The van der Waals surface area contributed by atoms with Gasteiger partial charge in [-0.15, -0.1) is 13.2 Å². The molecule has 0 unspecified atom stereocenters. The Morgan fingerprint density at radius 1 is 1.28 bits per heavy atom. The fourth-order valence-corrected chi connectivity index (χ4v) is 1.51. The first-order valence-corrected chi connectivity index (χ1v) is 4.65. The number of halogens is 3. The zero-order chi connectivity index (χ0) is 13.5. The lowest BCUT2D eigenvalue weighted by atomic mass is 10.2. The second-order valence-corrected chi connectivity index (χ2v) is 3.38. The van der Waals surface area contributed by atoms with Gasteiger partial charge in [0.25, 0.3) is 0 Å². The van der Waals surface area contributed by atoms with Crippen LogP contribution < -0.4 is 5.43 Å². The van der Waals surface area contributed by atoms with Crippen LogP contribution in [0.2, 0.25) is 0 Å². The van der Waals surface area contributed by atoms with E-state index in [4.69, 9.17) is 5.11 Å². The Balaban J connectivity index is 2.99. The summed E-state index contributed by atoms with van der Waals surface area (Å²) in [5.41, 5.74) is -2.69. The van der Waals surface area contributed by atoms with Gasteiger partial charge in [0.2, 0.25) is 11.1 Å². The maximum absolute atomic E-state index is 12.7. The highest BCUT2D eigenvalue weighted by atomic mass is 19.4. The molecule has 0 aliphatic rings. The summed E-state index contributed by atoms with van der Waals surface area (Å²) in [6, 6.07) is 4.80. The molecule has 0 saturated carbocycles. The lowest BCUT2D eigenvalue weighted by Crippen LogP contribution is -2.28. The Morgan fingerprint density at radius 3 is 2.44 bits per heavy atom. The van der Waals surface area contributed by atoms with Gasteiger partial charge < -0.3 is 5.11 Å². The van der Waals surface area contributed by atoms with E-state index in [1.54, 1.807) is 0 Å².